The predicted octanol–water partition coefficient (Wildman–Crippen LogP) is 1.39. The maximum absolute atomic E-state index is 7.75. The lowest BCUT2D eigenvalue weighted by Gasteiger charge is -2.27. The van der Waals surface area contributed by atoms with E-state index in [-0.39, 0.29) is 23.4 Å². The van der Waals surface area contributed by atoms with E-state index in [0.29, 0.717) is 6.16 Å². The highest BCUT2D eigenvalue weighted by molar-refractivity contribution is 7.95. The fraction of sp³-hybridized carbons (Fsp3) is 0.143. The summed E-state index contributed by atoms with van der Waals surface area (Å²) in [5.74, 6) is 0. The molecular weight excluding hydrogens is 363 g/mol. The Morgan fingerprint density at radius 2 is 1.00 bits per heavy atom. The normalized spacial score (nSPS) is 13.3. The van der Waals surface area contributed by atoms with Gasteiger partial charge in [0.2, 0.25) is 0 Å². The van der Waals surface area contributed by atoms with Crippen molar-refractivity contribution in [1.82, 2.24) is 0 Å². The Morgan fingerprint density at radius 3 is 1.30 bits per heavy atom. The van der Waals surface area contributed by atoms with Crippen molar-refractivity contribution in [2.24, 2.45) is 0 Å². The molecule has 3 rings (SSSR count). The molecule has 0 spiro atoms. The highest BCUT2D eigenvalue weighted by atomic mass is 79.9. The molecule has 0 aromatic heterocycles. The molecule has 118 valence electrons. The minimum atomic E-state index is -2.01. The van der Waals surface area contributed by atoms with E-state index in [0.717, 1.165) is 0 Å². The third-order valence-electron chi connectivity index (χ3n) is 4.04. The van der Waals surface area contributed by atoms with Gasteiger partial charge in [-0.3, -0.25) is 0 Å². The Balaban J connectivity index is 0.00000243. The van der Waals surface area contributed by atoms with Gasteiger partial charge >= 0.3 is 0 Å². The summed E-state index contributed by atoms with van der Waals surface area (Å²) in [6, 6.07) is 31.2. The molecular formula is C21H22BrP. The fourth-order valence-corrected chi connectivity index (χ4v) is 7.10. The quantitative estimate of drug-likeness (QED) is 0.580. The third kappa shape index (κ3) is 3.57. The molecule has 0 nitrogen and oxygen atoms in total. The van der Waals surface area contributed by atoms with Crippen LogP contribution in [0.3, 0.4) is 0 Å². The maximum Gasteiger partial charge on any atom is 0.112 e. The molecule has 0 N–H and O–H groups in total. The molecule has 3 aromatic rings. The molecule has 0 fully saturated rings. The topological polar surface area (TPSA) is 0 Å². The van der Waals surface area contributed by atoms with E-state index in [1.807, 2.05) is 54.6 Å². The molecule has 0 bridgehead atoms. The van der Waals surface area contributed by atoms with E-state index in [4.69, 9.17) is 4.11 Å². The van der Waals surface area contributed by atoms with Crippen LogP contribution in [0.2, 0.25) is 0 Å². The first kappa shape index (κ1) is 14.0. The Kier molecular flexibility index (Phi) is 5.12. The highest BCUT2D eigenvalue weighted by Crippen LogP contribution is 2.55. The van der Waals surface area contributed by atoms with E-state index in [9.17, 15) is 0 Å². The van der Waals surface area contributed by atoms with E-state index in [2.05, 4.69) is 36.4 Å². The van der Waals surface area contributed by atoms with Crippen LogP contribution in [-0.4, -0.2) is 6.16 Å². The Bertz CT molecular complexity index is 693. The van der Waals surface area contributed by atoms with Crippen molar-refractivity contribution in [3.63, 3.8) is 0 Å². The molecule has 0 aliphatic rings. The van der Waals surface area contributed by atoms with E-state index in [1.165, 1.54) is 15.9 Å². The fourth-order valence-electron chi connectivity index (χ4n) is 3.05. The number of hydrogen-bond acceptors (Lipinski definition) is 0. The molecule has 0 saturated heterocycles. The molecule has 3 aromatic carbocycles. The zero-order chi connectivity index (χ0) is 17.8. The van der Waals surface area contributed by atoms with E-state index in [1.54, 1.807) is 0 Å². The van der Waals surface area contributed by atoms with E-state index < -0.39 is 14.1 Å². The van der Waals surface area contributed by atoms with Gasteiger partial charge in [0.05, 0.1) is 6.16 Å². The van der Waals surface area contributed by atoms with Crippen molar-refractivity contribution in [3.05, 3.63) is 91.0 Å². The number of benzene rings is 3. The second kappa shape index (κ2) is 8.43. The molecule has 2 heteroatoms. The summed E-state index contributed by atoms with van der Waals surface area (Å²) >= 11 is 0. The van der Waals surface area contributed by atoms with Crippen LogP contribution in [-0.2, 0) is 0 Å². The summed E-state index contributed by atoms with van der Waals surface area (Å²) in [7, 11) is -2.01. The standard InChI is InChI=1S/C21H22P.BrH/c1-2-18-22(19-12-6-3-7-13-19,20-14-8-4-9-15-20)21-16-10-5-11-17-21;/h3-17H,2,18H2,1H3;1H/q+1;/p-1/i1D3;. The predicted molar refractivity (Wildman–Crippen MR) is 100 cm³/mol. The summed E-state index contributed by atoms with van der Waals surface area (Å²) < 4.78 is 23.3. The first-order valence-electron chi connectivity index (χ1n) is 9.07. The first-order valence-corrected chi connectivity index (χ1v) is 9.55. The molecule has 0 atom stereocenters. The molecule has 0 saturated carbocycles. The van der Waals surface area contributed by atoms with Crippen molar-refractivity contribution in [3.8, 4) is 0 Å². The molecule has 0 heterocycles. The van der Waals surface area contributed by atoms with Crippen LogP contribution in [0.4, 0.5) is 0 Å². The highest BCUT2D eigenvalue weighted by Gasteiger charge is 2.43. The summed E-state index contributed by atoms with van der Waals surface area (Å²) in [6.07, 6.45) is 0.848. The molecule has 0 unspecified atom stereocenters. The summed E-state index contributed by atoms with van der Waals surface area (Å²) in [5, 5.41) is 3.70. The average molecular weight is 388 g/mol. The van der Waals surface area contributed by atoms with Gasteiger partial charge in [0.1, 0.15) is 23.2 Å². The van der Waals surface area contributed by atoms with Crippen LogP contribution in [0.25, 0.3) is 0 Å². The van der Waals surface area contributed by atoms with Crippen molar-refractivity contribution < 1.29 is 21.1 Å². The van der Waals surface area contributed by atoms with Gasteiger partial charge in [0.25, 0.3) is 0 Å². The largest absolute Gasteiger partial charge is 1.00 e. The van der Waals surface area contributed by atoms with Crippen molar-refractivity contribution >= 4 is 23.2 Å². The lowest BCUT2D eigenvalue weighted by molar-refractivity contribution is -0.00000433. The monoisotopic (exact) mass is 387 g/mol. The van der Waals surface area contributed by atoms with Crippen molar-refractivity contribution in [2.45, 2.75) is 13.3 Å². The second-order valence-electron chi connectivity index (χ2n) is 5.29. The zero-order valence-electron chi connectivity index (χ0n) is 15.9. The van der Waals surface area contributed by atoms with E-state index >= 15 is 0 Å². The minimum absolute atomic E-state index is 0. The van der Waals surface area contributed by atoms with Crippen molar-refractivity contribution in [1.29, 1.82) is 0 Å². The van der Waals surface area contributed by atoms with Crippen molar-refractivity contribution in [2.75, 3.05) is 6.16 Å². The Hall–Kier alpha value is -1.43. The van der Waals surface area contributed by atoms with Gasteiger partial charge in [-0.25, -0.2) is 0 Å². The van der Waals surface area contributed by atoms with Crippen LogP contribution in [0.15, 0.2) is 91.0 Å². The zero-order valence-corrected chi connectivity index (χ0v) is 15.4. The average Bonchev–Trinajstić information content (AvgIpc) is 2.64. The molecule has 0 amide bonds. The van der Waals surface area contributed by atoms with Crippen LogP contribution in [0, 0.1) is 0 Å². The number of hydrogen-bond donors (Lipinski definition) is 0. The van der Waals surface area contributed by atoms with Gasteiger partial charge in [-0.1, -0.05) is 61.4 Å². The number of rotatable bonds is 5. The first-order chi connectivity index (χ1) is 12.0. The maximum atomic E-state index is 7.75. The Labute approximate surface area is 154 Å². The third-order valence-corrected chi connectivity index (χ3v) is 8.47. The van der Waals surface area contributed by atoms with Crippen LogP contribution >= 0.6 is 7.26 Å². The summed E-state index contributed by atoms with van der Waals surface area (Å²) in [6.45, 7) is -1.93. The smallest absolute Gasteiger partial charge is 0.112 e. The second-order valence-corrected chi connectivity index (χ2v) is 8.91. The molecule has 0 aliphatic heterocycles. The molecule has 23 heavy (non-hydrogen) atoms. The lowest BCUT2D eigenvalue weighted by atomic mass is 10.4. The van der Waals surface area contributed by atoms with Crippen LogP contribution in [0.5, 0.6) is 0 Å². The lowest BCUT2D eigenvalue weighted by Crippen LogP contribution is -3.00. The van der Waals surface area contributed by atoms with Crippen LogP contribution < -0.4 is 32.9 Å². The van der Waals surface area contributed by atoms with Gasteiger partial charge < -0.3 is 17.0 Å². The van der Waals surface area contributed by atoms with Gasteiger partial charge in [-0.05, 0) is 42.8 Å². The minimum Gasteiger partial charge on any atom is -1.00 e. The summed E-state index contributed by atoms with van der Waals surface area (Å²) in [4.78, 5) is 0. The molecule has 0 radical (unpaired) electrons. The van der Waals surface area contributed by atoms with Crippen LogP contribution in [0.1, 0.15) is 17.4 Å². The van der Waals surface area contributed by atoms with Gasteiger partial charge in [-0.15, -0.1) is 0 Å². The van der Waals surface area contributed by atoms with Gasteiger partial charge in [0.15, 0.2) is 0 Å². The van der Waals surface area contributed by atoms with Gasteiger partial charge in [-0.2, -0.15) is 0 Å². The summed E-state index contributed by atoms with van der Waals surface area (Å²) in [5.41, 5.74) is 0. The number of halogens is 1. The SMILES string of the molecule is [2H]C([2H])([2H])CC[P+](c1ccccc1)(c1ccccc1)c1ccccc1.[Br-]. The Morgan fingerprint density at radius 1 is 0.652 bits per heavy atom. The molecule has 0 aliphatic carbocycles. The van der Waals surface area contributed by atoms with Gasteiger partial charge in [0, 0.05) is 4.11 Å².